The van der Waals surface area contributed by atoms with Crippen LogP contribution >= 0.6 is 0 Å². The van der Waals surface area contributed by atoms with Crippen molar-refractivity contribution >= 4 is 24.5 Å². The van der Waals surface area contributed by atoms with E-state index in [1.54, 1.807) is 0 Å². The van der Waals surface area contributed by atoms with Gasteiger partial charge in [-0.2, -0.15) is 0 Å². The summed E-state index contributed by atoms with van der Waals surface area (Å²) in [4.78, 5) is 43.0. The minimum atomic E-state index is -1.37. The smallest absolute Gasteiger partial charge is 0.306 e. The Labute approximate surface area is 92.9 Å². The van der Waals surface area contributed by atoms with Crippen LogP contribution in [0.3, 0.4) is 0 Å². The summed E-state index contributed by atoms with van der Waals surface area (Å²) in [5, 5.41) is 0. The molecule has 0 amide bonds. The van der Waals surface area contributed by atoms with Crippen LogP contribution in [0.5, 0.6) is 0 Å². The number of carbonyl (C=O) groups excluding carboxylic acids is 4. The van der Waals surface area contributed by atoms with Crippen molar-refractivity contribution in [2.24, 2.45) is 0 Å². The largest absolute Gasteiger partial charge is 0.450 e. The fourth-order valence-corrected chi connectivity index (χ4v) is 0.815. The molecule has 0 aliphatic heterocycles. The average Bonchev–Trinajstić information content (AvgIpc) is 2.32. The van der Waals surface area contributed by atoms with Gasteiger partial charge >= 0.3 is 11.9 Å². The van der Waals surface area contributed by atoms with E-state index in [2.05, 4.69) is 9.47 Å². The summed E-state index contributed by atoms with van der Waals surface area (Å²) in [6, 6.07) is 0. The normalized spacial score (nSPS) is 13.4. The van der Waals surface area contributed by atoms with Crippen LogP contribution in [0.2, 0.25) is 0 Å². The minimum absolute atomic E-state index is 0.0671. The molecule has 0 aromatic rings. The molecule has 0 rings (SSSR count). The molecule has 0 radical (unpaired) electrons. The number of carbonyl (C=O) groups is 4. The molecule has 0 bridgehead atoms. The Morgan fingerprint density at radius 2 is 1.25 bits per heavy atom. The van der Waals surface area contributed by atoms with Gasteiger partial charge in [0.25, 0.3) is 0 Å². The van der Waals surface area contributed by atoms with Crippen LogP contribution < -0.4 is 0 Å². The predicted molar refractivity (Wildman–Crippen MR) is 52.5 cm³/mol. The molecule has 0 saturated carbocycles. The van der Waals surface area contributed by atoms with E-state index in [0.29, 0.717) is 0 Å². The Bertz CT molecular complexity index is 244. The van der Waals surface area contributed by atoms with E-state index in [9.17, 15) is 19.2 Å². The van der Waals surface area contributed by atoms with Crippen LogP contribution in [0.15, 0.2) is 0 Å². The SMILES string of the molecule is CCC(=O)OC(C=O)C(C=O)OC(=O)CC. The zero-order chi connectivity index (χ0) is 12.6. The van der Waals surface area contributed by atoms with Crippen LogP contribution in [-0.4, -0.2) is 36.7 Å². The van der Waals surface area contributed by atoms with Crippen molar-refractivity contribution in [3.8, 4) is 0 Å². The predicted octanol–water partition coefficient (Wildman–Crippen LogP) is 0.0278. The van der Waals surface area contributed by atoms with Gasteiger partial charge in [-0.3, -0.25) is 19.2 Å². The standard InChI is InChI=1S/C10H14O6/c1-3-9(13)15-7(5-11)8(6-12)16-10(14)4-2/h5-8H,3-4H2,1-2H3. The Hall–Kier alpha value is -1.72. The van der Waals surface area contributed by atoms with Gasteiger partial charge in [-0.15, -0.1) is 0 Å². The van der Waals surface area contributed by atoms with Crippen LogP contribution in [-0.2, 0) is 28.7 Å². The van der Waals surface area contributed by atoms with Crippen molar-refractivity contribution in [1.29, 1.82) is 0 Å². The molecule has 0 fully saturated rings. The Balaban J connectivity index is 4.49. The first-order valence-electron chi connectivity index (χ1n) is 4.88. The van der Waals surface area contributed by atoms with Crippen molar-refractivity contribution in [3.63, 3.8) is 0 Å². The van der Waals surface area contributed by atoms with Crippen molar-refractivity contribution < 1.29 is 28.7 Å². The second kappa shape index (κ2) is 7.56. The van der Waals surface area contributed by atoms with Crippen LogP contribution in [0.25, 0.3) is 0 Å². The zero-order valence-corrected chi connectivity index (χ0v) is 9.17. The Morgan fingerprint density at radius 3 is 1.44 bits per heavy atom. The van der Waals surface area contributed by atoms with Gasteiger partial charge in [-0.25, -0.2) is 0 Å². The molecule has 0 aliphatic carbocycles. The number of rotatable bonds is 7. The molecule has 2 atom stereocenters. The quantitative estimate of drug-likeness (QED) is 0.453. The summed E-state index contributed by atoms with van der Waals surface area (Å²) in [7, 11) is 0. The fraction of sp³-hybridized carbons (Fsp3) is 0.600. The molecule has 16 heavy (non-hydrogen) atoms. The highest BCUT2D eigenvalue weighted by Gasteiger charge is 2.27. The summed E-state index contributed by atoms with van der Waals surface area (Å²) in [5.41, 5.74) is 0. The first-order valence-corrected chi connectivity index (χ1v) is 4.88. The number of ether oxygens (including phenoxy) is 2. The minimum Gasteiger partial charge on any atom is -0.450 e. The summed E-state index contributed by atoms with van der Waals surface area (Å²) < 4.78 is 9.26. The second-order valence-corrected chi connectivity index (χ2v) is 2.89. The highest BCUT2D eigenvalue weighted by Crippen LogP contribution is 2.03. The molecule has 6 nitrogen and oxygen atoms in total. The second-order valence-electron chi connectivity index (χ2n) is 2.89. The van der Waals surface area contributed by atoms with E-state index in [4.69, 9.17) is 0 Å². The Kier molecular flexibility index (Phi) is 6.74. The highest BCUT2D eigenvalue weighted by atomic mass is 16.6. The summed E-state index contributed by atoms with van der Waals surface area (Å²) in [5.74, 6) is -1.28. The highest BCUT2D eigenvalue weighted by molar-refractivity contribution is 5.78. The number of hydrogen-bond acceptors (Lipinski definition) is 6. The summed E-state index contributed by atoms with van der Waals surface area (Å²) in [6.07, 6.45) is -2.10. The monoisotopic (exact) mass is 230 g/mol. The van der Waals surface area contributed by atoms with Crippen LogP contribution in [0, 0.1) is 0 Å². The lowest BCUT2D eigenvalue weighted by Crippen LogP contribution is -2.37. The van der Waals surface area contributed by atoms with Crippen molar-refractivity contribution in [2.75, 3.05) is 0 Å². The molecule has 2 unspecified atom stereocenters. The first kappa shape index (κ1) is 14.3. The van der Waals surface area contributed by atoms with E-state index >= 15 is 0 Å². The fourth-order valence-electron chi connectivity index (χ4n) is 0.815. The van der Waals surface area contributed by atoms with Gasteiger partial charge in [0.2, 0.25) is 12.2 Å². The van der Waals surface area contributed by atoms with Gasteiger partial charge in [-0.1, -0.05) is 13.8 Å². The molecule has 0 heterocycles. The van der Waals surface area contributed by atoms with Gasteiger partial charge in [0.05, 0.1) is 0 Å². The van der Waals surface area contributed by atoms with Gasteiger partial charge in [0.1, 0.15) is 0 Å². The molecule has 0 aliphatic rings. The van der Waals surface area contributed by atoms with Crippen molar-refractivity contribution in [3.05, 3.63) is 0 Å². The van der Waals surface area contributed by atoms with Gasteiger partial charge in [0, 0.05) is 12.8 Å². The van der Waals surface area contributed by atoms with Crippen molar-refractivity contribution in [1.82, 2.24) is 0 Å². The lowest BCUT2D eigenvalue weighted by molar-refractivity contribution is -0.169. The molecule has 90 valence electrons. The molecule has 0 spiro atoms. The van der Waals surface area contributed by atoms with Gasteiger partial charge in [0.15, 0.2) is 12.6 Å². The first-order chi connectivity index (χ1) is 7.58. The topological polar surface area (TPSA) is 86.7 Å². The number of esters is 2. The third-order valence-electron chi connectivity index (χ3n) is 1.70. The lowest BCUT2D eigenvalue weighted by Gasteiger charge is -2.17. The molecule has 0 aromatic carbocycles. The molecular weight excluding hydrogens is 216 g/mol. The van der Waals surface area contributed by atoms with E-state index in [1.807, 2.05) is 0 Å². The average molecular weight is 230 g/mol. The summed E-state index contributed by atoms with van der Waals surface area (Å²) >= 11 is 0. The maximum Gasteiger partial charge on any atom is 0.306 e. The van der Waals surface area contributed by atoms with E-state index in [0.717, 1.165) is 0 Å². The molecule has 6 heteroatoms. The van der Waals surface area contributed by atoms with Crippen molar-refractivity contribution in [2.45, 2.75) is 38.9 Å². The lowest BCUT2D eigenvalue weighted by atomic mass is 10.2. The van der Waals surface area contributed by atoms with Crippen LogP contribution in [0.4, 0.5) is 0 Å². The van der Waals surface area contributed by atoms with Gasteiger partial charge in [-0.05, 0) is 0 Å². The third kappa shape index (κ3) is 4.68. The Morgan fingerprint density at radius 1 is 0.938 bits per heavy atom. The molecule has 0 aromatic heterocycles. The van der Waals surface area contributed by atoms with Crippen LogP contribution in [0.1, 0.15) is 26.7 Å². The zero-order valence-electron chi connectivity index (χ0n) is 9.17. The maximum atomic E-state index is 10.9. The van der Waals surface area contributed by atoms with E-state index in [1.165, 1.54) is 13.8 Å². The van der Waals surface area contributed by atoms with Gasteiger partial charge < -0.3 is 9.47 Å². The third-order valence-corrected chi connectivity index (χ3v) is 1.70. The summed E-state index contributed by atoms with van der Waals surface area (Å²) in [6.45, 7) is 3.08. The number of aldehydes is 2. The molecule has 0 N–H and O–H groups in total. The molecular formula is C10H14O6. The van der Waals surface area contributed by atoms with E-state index in [-0.39, 0.29) is 25.4 Å². The molecule has 0 saturated heterocycles. The van der Waals surface area contributed by atoms with E-state index < -0.39 is 24.1 Å². The maximum absolute atomic E-state index is 10.9. The number of hydrogen-bond donors (Lipinski definition) is 0.